The SMILES string of the molecule is CC(C)(C)Cn1c(CCl)nc2cc(Br)ccc21. The van der Waals surface area contributed by atoms with E-state index < -0.39 is 0 Å². The second-order valence-corrected chi connectivity index (χ2v) is 6.62. The van der Waals surface area contributed by atoms with Gasteiger partial charge >= 0.3 is 0 Å². The summed E-state index contributed by atoms with van der Waals surface area (Å²) in [5.41, 5.74) is 2.36. The number of imidazole rings is 1. The molecular formula is C13H16BrClN2. The second-order valence-electron chi connectivity index (χ2n) is 5.44. The molecule has 0 saturated carbocycles. The Hall–Kier alpha value is -0.540. The fraction of sp³-hybridized carbons (Fsp3) is 0.462. The molecule has 0 aliphatic heterocycles. The van der Waals surface area contributed by atoms with Gasteiger partial charge in [0.25, 0.3) is 0 Å². The van der Waals surface area contributed by atoms with Crippen LogP contribution in [0.2, 0.25) is 0 Å². The molecule has 0 spiro atoms. The first-order valence-corrected chi connectivity index (χ1v) is 6.94. The topological polar surface area (TPSA) is 17.8 Å². The highest BCUT2D eigenvalue weighted by Crippen LogP contribution is 2.25. The molecule has 1 aromatic heterocycles. The molecule has 4 heteroatoms. The Bertz CT molecular complexity index is 540. The first-order valence-electron chi connectivity index (χ1n) is 5.61. The third-order valence-electron chi connectivity index (χ3n) is 2.54. The minimum Gasteiger partial charge on any atom is -0.326 e. The zero-order valence-corrected chi connectivity index (χ0v) is 12.6. The molecule has 2 rings (SSSR count). The first-order chi connectivity index (χ1) is 7.90. The molecule has 0 saturated heterocycles. The van der Waals surface area contributed by atoms with Crippen LogP contribution in [0.25, 0.3) is 11.0 Å². The van der Waals surface area contributed by atoms with Crippen molar-refractivity contribution < 1.29 is 0 Å². The Morgan fingerprint density at radius 1 is 1.35 bits per heavy atom. The average Bonchev–Trinajstić information content (AvgIpc) is 2.53. The van der Waals surface area contributed by atoms with E-state index >= 15 is 0 Å². The van der Waals surface area contributed by atoms with Gasteiger partial charge in [-0.05, 0) is 23.6 Å². The molecule has 0 aliphatic rings. The van der Waals surface area contributed by atoms with Crippen LogP contribution in [0.1, 0.15) is 26.6 Å². The molecule has 1 aromatic carbocycles. The van der Waals surface area contributed by atoms with Crippen LogP contribution in [0.5, 0.6) is 0 Å². The third kappa shape index (κ3) is 2.83. The molecule has 0 fully saturated rings. The third-order valence-corrected chi connectivity index (χ3v) is 3.27. The van der Waals surface area contributed by atoms with Crippen molar-refractivity contribution in [2.45, 2.75) is 33.2 Å². The molecule has 0 amide bonds. The summed E-state index contributed by atoms with van der Waals surface area (Å²) in [6.45, 7) is 7.58. The van der Waals surface area contributed by atoms with Crippen LogP contribution in [0.3, 0.4) is 0 Å². The van der Waals surface area contributed by atoms with Crippen molar-refractivity contribution in [2.24, 2.45) is 5.41 Å². The predicted octanol–water partition coefficient (Wildman–Crippen LogP) is 4.58. The van der Waals surface area contributed by atoms with Crippen molar-refractivity contribution in [2.75, 3.05) is 0 Å². The maximum Gasteiger partial charge on any atom is 0.124 e. The van der Waals surface area contributed by atoms with Crippen molar-refractivity contribution in [3.8, 4) is 0 Å². The van der Waals surface area contributed by atoms with Crippen LogP contribution >= 0.6 is 27.5 Å². The van der Waals surface area contributed by atoms with Gasteiger partial charge in [0.1, 0.15) is 5.82 Å². The van der Waals surface area contributed by atoms with Crippen LogP contribution in [0, 0.1) is 5.41 Å². The van der Waals surface area contributed by atoms with E-state index in [0.717, 1.165) is 27.9 Å². The summed E-state index contributed by atoms with van der Waals surface area (Å²) < 4.78 is 3.26. The largest absolute Gasteiger partial charge is 0.326 e. The van der Waals surface area contributed by atoms with E-state index in [2.05, 4.69) is 52.3 Å². The zero-order valence-electron chi connectivity index (χ0n) is 10.3. The Morgan fingerprint density at radius 3 is 2.65 bits per heavy atom. The molecule has 0 atom stereocenters. The molecule has 0 unspecified atom stereocenters. The maximum absolute atomic E-state index is 5.98. The predicted molar refractivity (Wildman–Crippen MR) is 76.4 cm³/mol. The van der Waals surface area contributed by atoms with Gasteiger partial charge in [-0.3, -0.25) is 0 Å². The standard InChI is InChI=1S/C13H16BrClN2/c1-13(2,3)8-17-11-5-4-9(14)6-10(11)16-12(17)7-15/h4-6H,7-8H2,1-3H3. The maximum atomic E-state index is 5.98. The Morgan fingerprint density at radius 2 is 2.06 bits per heavy atom. The fourth-order valence-corrected chi connectivity index (χ4v) is 2.46. The molecule has 17 heavy (non-hydrogen) atoms. The molecule has 0 radical (unpaired) electrons. The Labute approximate surface area is 115 Å². The Kier molecular flexibility index (Phi) is 3.50. The van der Waals surface area contributed by atoms with E-state index in [0.29, 0.717) is 5.88 Å². The van der Waals surface area contributed by atoms with Gasteiger partial charge in [0.05, 0.1) is 16.9 Å². The van der Waals surface area contributed by atoms with Crippen molar-refractivity contribution in [3.05, 3.63) is 28.5 Å². The number of benzene rings is 1. The van der Waals surface area contributed by atoms with Crippen LogP contribution in [-0.2, 0) is 12.4 Å². The molecule has 0 N–H and O–H groups in total. The second kappa shape index (κ2) is 4.62. The normalized spacial score (nSPS) is 12.3. The van der Waals surface area contributed by atoms with Gasteiger partial charge in [-0.1, -0.05) is 36.7 Å². The van der Waals surface area contributed by atoms with Gasteiger partial charge < -0.3 is 4.57 Å². The summed E-state index contributed by atoms with van der Waals surface area (Å²) in [5.74, 6) is 1.39. The van der Waals surface area contributed by atoms with Gasteiger partial charge in [-0.15, -0.1) is 11.6 Å². The van der Waals surface area contributed by atoms with Gasteiger partial charge in [0.2, 0.25) is 0 Å². The van der Waals surface area contributed by atoms with E-state index in [-0.39, 0.29) is 5.41 Å². The molecule has 2 aromatic rings. The quantitative estimate of drug-likeness (QED) is 0.742. The number of alkyl halides is 1. The summed E-state index contributed by atoms with van der Waals surface area (Å²) in [7, 11) is 0. The minimum absolute atomic E-state index is 0.210. The highest BCUT2D eigenvalue weighted by Gasteiger charge is 2.17. The summed E-state index contributed by atoms with van der Waals surface area (Å²) in [4.78, 5) is 4.58. The first kappa shape index (κ1) is 12.9. The van der Waals surface area contributed by atoms with E-state index in [1.807, 2.05) is 12.1 Å². The number of hydrogen-bond acceptors (Lipinski definition) is 1. The van der Waals surface area contributed by atoms with Crippen molar-refractivity contribution in [3.63, 3.8) is 0 Å². The van der Waals surface area contributed by atoms with Gasteiger partial charge in [-0.25, -0.2) is 4.98 Å². The fourth-order valence-electron chi connectivity index (χ4n) is 1.91. The lowest BCUT2D eigenvalue weighted by molar-refractivity contribution is 0.344. The lowest BCUT2D eigenvalue weighted by Gasteiger charge is -2.20. The van der Waals surface area contributed by atoms with E-state index in [9.17, 15) is 0 Å². The molecule has 0 bridgehead atoms. The smallest absolute Gasteiger partial charge is 0.124 e. The molecule has 2 nitrogen and oxygen atoms in total. The number of fused-ring (bicyclic) bond motifs is 1. The zero-order chi connectivity index (χ0) is 12.6. The lowest BCUT2D eigenvalue weighted by atomic mass is 9.97. The van der Waals surface area contributed by atoms with Crippen molar-refractivity contribution >= 4 is 38.6 Å². The molecule has 0 aliphatic carbocycles. The number of nitrogens with zero attached hydrogens (tertiary/aromatic N) is 2. The van der Waals surface area contributed by atoms with Crippen LogP contribution < -0.4 is 0 Å². The van der Waals surface area contributed by atoms with Gasteiger partial charge in [0, 0.05) is 11.0 Å². The van der Waals surface area contributed by atoms with Gasteiger partial charge in [-0.2, -0.15) is 0 Å². The molecule has 1 heterocycles. The average molecular weight is 316 g/mol. The monoisotopic (exact) mass is 314 g/mol. The highest BCUT2D eigenvalue weighted by molar-refractivity contribution is 9.10. The van der Waals surface area contributed by atoms with Crippen molar-refractivity contribution in [1.82, 2.24) is 9.55 Å². The summed E-state index contributed by atoms with van der Waals surface area (Å²) >= 11 is 9.44. The summed E-state index contributed by atoms with van der Waals surface area (Å²) in [6, 6.07) is 6.17. The molecule has 92 valence electrons. The highest BCUT2D eigenvalue weighted by atomic mass is 79.9. The number of rotatable bonds is 2. The van der Waals surface area contributed by atoms with E-state index in [1.165, 1.54) is 0 Å². The lowest BCUT2D eigenvalue weighted by Crippen LogP contribution is -2.17. The van der Waals surface area contributed by atoms with Crippen molar-refractivity contribution in [1.29, 1.82) is 0 Å². The summed E-state index contributed by atoms with van der Waals surface area (Å²) in [5, 5.41) is 0. The number of halogens is 2. The van der Waals surface area contributed by atoms with Gasteiger partial charge in [0.15, 0.2) is 0 Å². The van der Waals surface area contributed by atoms with Crippen LogP contribution in [0.15, 0.2) is 22.7 Å². The van der Waals surface area contributed by atoms with Crippen LogP contribution in [0.4, 0.5) is 0 Å². The van der Waals surface area contributed by atoms with E-state index in [1.54, 1.807) is 0 Å². The summed E-state index contributed by atoms with van der Waals surface area (Å²) in [6.07, 6.45) is 0. The number of aromatic nitrogens is 2. The minimum atomic E-state index is 0.210. The van der Waals surface area contributed by atoms with E-state index in [4.69, 9.17) is 11.6 Å². The molecular weight excluding hydrogens is 300 g/mol. The van der Waals surface area contributed by atoms with Crippen LogP contribution in [-0.4, -0.2) is 9.55 Å². The Balaban J connectivity index is 2.58. The number of hydrogen-bond donors (Lipinski definition) is 0.